The Balaban J connectivity index is 1.84. The maximum Gasteiger partial charge on any atom is 0.302 e. The fraction of sp³-hybridized carbons (Fsp3) is 0.867. The Morgan fingerprint density at radius 3 is 2.43 bits per heavy atom. The molecule has 3 rings (SSSR count). The van der Waals surface area contributed by atoms with E-state index in [-0.39, 0.29) is 41.7 Å². The maximum atomic E-state index is 14.1. The van der Waals surface area contributed by atoms with Crippen molar-refractivity contribution in [3.63, 3.8) is 0 Å². The van der Waals surface area contributed by atoms with Gasteiger partial charge in [-0.2, -0.15) is 0 Å². The van der Waals surface area contributed by atoms with Crippen LogP contribution in [0.3, 0.4) is 0 Å². The smallest absolute Gasteiger partial charge is 0.302 e. The van der Waals surface area contributed by atoms with E-state index in [1.54, 1.807) is 0 Å². The van der Waals surface area contributed by atoms with Crippen LogP contribution in [-0.4, -0.2) is 40.8 Å². The molecule has 2 saturated carbocycles. The molecular formula is C30H50O5. The number of fused-ring (bicyclic) bond motifs is 1. The van der Waals surface area contributed by atoms with E-state index < -0.39 is 11.5 Å². The Bertz CT molecular complexity index is 803. The van der Waals surface area contributed by atoms with Gasteiger partial charge in [0.25, 0.3) is 0 Å². The van der Waals surface area contributed by atoms with Crippen LogP contribution in [0.5, 0.6) is 0 Å². The zero-order chi connectivity index (χ0) is 26.1. The Labute approximate surface area is 213 Å². The quantitative estimate of drug-likeness (QED) is 0.404. The summed E-state index contributed by atoms with van der Waals surface area (Å²) in [6.45, 7) is 15.1. The van der Waals surface area contributed by atoms with Crippen molar-refractivity contribution in [1.82, 2.24) is 0 Å². The van der Waals surface area contributed by atoms with E-state index in [2.05, 4.69) is 34.6 Å². The molecule has 0 bridgehead atoms. The SMILES string of the molecule is CC(=O)OC1CCC2(C)C(=O)C(C3CCC(C(C)CCC(C)C(C)C)C3(C)CCO)=CC(O)C2C1. The van der Waals surface area contributed by atoms with Gasteiger partial charge in [-0.05, 0) is 85.2 Å². The van der Waals surface area contributed by atoms with Crippen LogP contribution in [0.25, 0.3) is 0 Å². The van der Waals surface area contributed by atoms with E-state index in [1.807, 2.05) is 13.0 Å². The minimum atomic E-state index is -0.715. The molecule has 3 aliphatic rings. The Kier molecular flexibility index (Phi) is 8.95. The summed E-state index contributed by atoms with van der Waals surface area (Å²) in [7, 11) is 0. The predicted molar refractivity (Wildman–Crippen MR) is 139 cm³/mol. The first kappa shape index (κ1) is 28.4. The van der Waals surface area contributed by atoms with Crippen LogP contribution >= 0.6 is 0 Å². The molecule has 9 atom stereocenters. The fourth-order valence-electron chi connectivity index (χ4n) is 7.80. The van der Waals surface area contributed by atoms with Crippen molar-refractivity contribution in [3.05, 3.63) is 11.6 Å². The van der Waals surface area contributed by atoms with Crippen LogP contribution in [0, 0.1) is 46.3 Å². The van der Waals surface area contributed by atoms with Crippen molar-refractivity contribution >= 4 is 11.8 Å². The summed E-state index contributed by atoms with van der Waals surface area (Å²) in [5.74, 6) is 2.06. The number of aliphatic hydroxyl groups is 2. The topological polar surface area (TPSA) is 83.8 Å². The summed E-state index contributed by atoms with van der Waals surface area (Å²) >= 11 is 0. The van der Waals surface area contributed by atoms with Gasteiger partial charge in [-0.3, -0.25) is 9.59 Å². The molecule has 0 spiro atoms. The number of Topliss-reactive ketones (excluding diaryl/α,β-unsaturated/α-hetero) is 1. The fourth-order valence-corrected chi connectivity index (χ4v) is 7.80. The van der Waals surface area contributed by atoms with Crippen LogP contribution in [0.2, 0.25) is 0 Å². The lowest BCUT2D eigenvalue weighted by molar-refractivity contribution is -0.155. The van der Waals surface area contributed by atoms with Gasteiger partial charge >= 0.3 is 5.97 Å². The first-order valence-electron chi connectivity index (χ1n) is 14.1. The molecule has 9 unspecified atom stereocenters. The molecule has 0 aromatic heterocycles. The highest BCUT2D eigenvalue weighted by molar-refractivity contribution is 6.01. The number of carbonyl (C=O) groups is 2. The lowest BCUT2D eigenvalue weighted by atomic mass is 9.55. The molecule has 0 radical (unpaired) electrons. The summed E-state index contributed by atoms with van der Waals surface area (Å²) in [6, 6.07) is 0. The van der Waals surface area contributed by atoms with E-state index in [4.69, 9.17) is 4.74 Å². The number of hydrogen-bond donors (Lipinski definition) is 2. The monoisotopic (exact) mass is 490 g/mol. The number of hydrogen-bond acceptors (Lipinski definition) is 5. The van der Waals surface area contributed by atoms with Gasteiger partial charge in [-0.25, -0.2) is 0 Å². The summed E-state index contributed by atoms with van der Waals surface area (Å²) < 4.78 is 5.45. The summed E-state index contributed by atoms with van der Waals surface area (Å²) in [6.07, 6.45) is 7.76. The average Bonchev–Trinajstić information content (AvgIpc) is 3.11. The molecule has 200 valence electrons. The molecule has 0 saturated heterocycles. The number of allylic oxidation sites excluding steroid dienone is 1. The average molecular weight is 491 g/mol. The molecule has 2 N–H and O–H groups in total. The lowest BCUT2D eigenvalue weighted by Crippen LogP contribution is -2.52. The summed E-state index contributed by atoms with van der Waals surface area (Å²) in [4.78, 5) is 25.5. The van der Waals surface area contributed by atoms with E-state index in [1.165, 1.54) is 19.8 Å². The molecular weight excluding hydrogens is 440 g/mol. The summed E-state index contributed by atoms with van der Waals surface area (Å²) in [5.41, 5.74) is 0.00835. The zero-order valence-electron chi connectivity index (χ0n) is 23.2. The van der Waals surface area contributed by atoms with Crippen molar-refractivity contribution in [2.75, 3.05) is 6.61 Å². The number of aliphatic hydroxyl groups excluding tert-OH is 2. The van der Waals surface area contributed by atoms with Crippen LogP contribution in [0.15, 0.2) is 11.6 Å². The second-order valence-electron chi connectivity index (χ2n) is 13.0. The minimum absolute atomic E-state index is 0.0655. The highest BCUT2D eigenvalue weighted by atomic mass is 16.5. The normalized spacial score (nSPS) is 39.2. The summed E-state index contributed by atoms with van der Waals surface area (Å²) in [5, 5.41) is 21.3. The zero-order valence-corrected chi connectivity index (χ0v) is 23.2. The van der Waals surface area contributed by atoms with Gasteiger partial charge in [0.05, 0.1) is 6.10 Å². The number of esters is 1. The highest BCUT2D eigenvalue weighted by Crippen LogP contribution is 2.59. The lowest BCUT2D eigenvalue weighted by Gasteiger charge is -2.49. The molecule has 3 aliphatic carbocycles. The Morgan fingerprint density at radius 1 is 1.14 bits per heavy atom. The second kappa shape index (κ2) is 11.0. The van der Waals surface area contributed by atoms with Gasteiger partial charge in [0.15, 0.2) is 5.78 Å². The van der Waals surface area contributed by atoms with Gasteiger partial charge in [-0.1, -0.05) is 54.4 Å². The molecule has 5 nitrogen and oxygen atoms in total. The second-order valence-corrected chi connectivity index (χ2v) is 13.0. The number of ether oxygens (including phenoxy) is 1. The molecule has 0 heterocycles. The number of carbonyl (C=O) groups excluding carboxylic acids is 2. The van der Waals surface area contributed by atoms with Crippen molar-refractivity contribution in [2.45, 2.75) is 112 Å². The molecule has 0 aromatic rings. The first-order chi connectivity index (χ1) is 16.3. The maximum absolute atomic E-state index is 14.1. The molecule has 5 heteroatoms. The molecule has 35 heavy (non-hydrogen) atoms. The van der Waals surface area contributed by atoms with Gasteiger partial charge in [0.2, 0.25) is 0 Å². The highest BCUT2D eigenvalue weighted by Gasteiger charge is 2.57. The Morgan fingerprint density at radius 2 is 1.83 bits per heavy atom. The van der Waals surface area contributed by atoms with Gasteiger partial charge in [0, 0.05) is 24.9 Å². The van der Waals surface area contributed by atoms with E-state index >= 15 is 0 Å². The molecule has 0 aromatic carbocycles. The standard InChI is InChI=1S/C30H50O5/c1-18(2)19(3)8-9-20(4)24-10-11-25(29(24,6)14-15-31)23-17-27(33)26-16-22(35-21(5)32)12-13-30(26,7)28(23)34/h17-20,22,24-27,31,33H,8-16H2,1-7H3. The van der Waals surface area contributed by atoms with Crippen molar-refractivity contribution in [3.8, 4) is 0 Å². The van der Waals surface area contributed by atoms with Crippen LogP contribution in [0.4, 0.5) is 0 Å². The van der Waals surface area contributed by atoms with E-state index in [9.17, 15) is 19.8 Å². The van der Waals surface area contributed by atoms with Crippen LogP contribution in [-0.2, 0) is 14.3 Å². The first-order valence-corrected chi connectivity index (χ1v) is 14.1. The van der Waals surface area contributed by atoms with Gasteiger partial charge < -0.3 is 14.9 Å². The molecule has 0 amide bonds. The largest absolute Gasteiger partial charge is 0.463 e. The molecule has 0 aliphatic heterocycles. The van der Waals surface area contributed by atoms with Gasteiger partial charge in [-0.15, -0.1) is 0 Å². The van der Waals surface area contributed by atoms with E-state index in [0.29, 0.717) is 49.4 Å². The molecule has 2 fully saturated rings. The number of ketones is 1. The van der Waals surface area contributed by atoms with Crippen molar-refractivity contribution in [1.29, 1.82) is 0 Å². The van der Waals surface area contributed by atoms with Crippen molar-refractivity contribution < 1.29 is 24.5 Å². The third-order valence-electron chi connectivity index (χ3n) is 10.5. The minimum Gasteiger partial charge on any atom is -0.463 e. The Hall–Kier alpha value is -1.20. The third-order valence-corrected chi connectivity index (χ3v) is 10.5. The third kappa shape index (κ3) is 5.56. The van der Waals surface area contributed by atoms with E-state index in [0.717, 1.165) is 18.4 Å². The van der Waals surface area contributed by atoms with Crippen LogP contribution < -0.4 is 0 Å². The predicted octanol–water partition coefficient (Wildman–Crippen LogP) is 5.72. The van der Waals surface area contributed by atoms with Crippen molar-refractivity contribution in [2.24, 2.45) is 46.3 Å². The number of rotatable bonds is 9. The van der Waals surface area contributed by atoms with Crippen LogP contribution in [0.1, 0.15) is 99.8 Å². The van der Waals surface area contributed by atoms with Gasteiger partial charge in [0.1, 0.15) is 6.10 Å².